The summed E-state index contributed by atoms with van der Waals surface area (Å²) in [4.78, 5) is 26.3. The van der Waals surface area contributed by atoms with E-state index in [9.17, 15) is 9.59 Å². The molecule has 6 nitrogen and oxygen atoms in total. The lowest BCUT2D eigenvalue weighted by Crippen LogP contribution is -3.13. The minimum Gasteiger partial charge on any atom is -0.372 e. The van der Waals surface area contributed by atoms with Crippen LogP contribution in [0.3, 0.4) is 0 Å². The van der Waals surface area contributed by atoms with Gasteiger partial charge < -0.3 is 15.0 Å². The van der Waals surface area contributed by atoms with E-state index in [2.05, 4.69) is 16.7 Å². The molecule has 24 heavy (non-hydrogen) atoms. The van der Waals surface area contributed by atoms with Crippen LogP contribution < -0.4 is 15.5 Å². The molecule has 0 radical (unpaired) electrons. The lowest BCUT2D eigenvalue weighted by atomic mass is 10.2. The first-order valence-electron chi connectivity index (χ1n) is 8.58. The Morgan fingerprint density at radius 2 is 2.29 bits per heavy atom. The summed E-state index contributed by atoms with van der Waals surface area (Å²) in [6.45, 7) is 7.22. The third kappa shape index (κ3) is 6.98. The van der Waals surface area contributed by atoms with Gasteiger partial charge in [-0.2, -0.15) is 0 Å². The summed E-state index contributed by atoms with van der Waals surface area (Å²) in [5.41, 5.74) is 0. The number of quaternary nitrogens is 1. The molecule has 0 saturated carbocycles. The number of rotatable bonds is 8. The molecule has 3 N–H and O–H groups in total. The molecule has 1 aromatic rings. The smallest absolute Gasteiger partial charge is 0.321 e. The van der Waals surface area contributed by atoms with Gasteiger partial charge in [-0.3, -0.25) is 10.1 Å². The SMILES string of the molecule is CC(C)CNC(=O)NC(=O)C[NH+](Cc1cccs1)C[C@@H]1CCCO1. The van der Waals surface area contributed by atoms with Crippen LogP contribution in [0.25, 0.3) is 0 Å². The van der Waals surface area contributed by atoms with Gasteiger partial charge in [0.1, 0.15) is 19.2 Å². The fourth-order valence-corrected chi connectivity index (χ4v) is 3.51. The summed E-state index contributed by atoms with van der Waals surface area (Å²) in [5, 5.41) is 7.17. The second kappa shape index (κ2) is 9.76. The molecule has 0 aliphatic carbocycles. The molecule has 3 amide bonds. The van der Waals surface area contributed by atoms with Crippen LogP contribution in [-0.4, -0.2) is 44.3 Å². The number of nitrogens with one attached hydrogen (secondary N) is 3. The van der Waals surface area contributed by atoms with Crippen molar-refractivity contribution in [2.24, 2.45) is 5.92 Å². The topological polar surface area (TPSA) is 71.9 Å². The minimum atomic E-state index is -0.415. The minimum absolute atomic E-state index is 0.211. The van der Waals surface area contributed by atoms with Gasteiger partial charge in [0.25, 0.3) is 5.91 Å². The monoisotopic (exact) mass is 354 g/mol. The number of ether oxygens (including phenoxy) is 1. The Hall–Kier alpha value is -1.44. The number of urea groups is 1. The van der Waals surface area contributed by atoms with E-state index < -0.39 is 6.03 Å². The Balaban J connectivity index is 1.83. The Bertz CT molecular complexity index is 513. The fourth-order valence-electron chi connectivity index (χ4n) is 2.73. The average molecular weight is 354 g/mol. The highest BCUT2D eigenvalue weighted by molar-refractivity contribution is 7.09. The van der Waals surface area contributed by atoms with Gasteiger partial charge in [0.2, 0.25) is 0 Å². The highest BCUT2D eigenvalue weighted by Gasteiger charge is 2.24. The highest BCUT2D eigenvalue weighted by Crippen LogP contribution is 2.10. The molecule has 0 bridgehead atoms. The van der Waals surface area contributed by atoms with Crippen LogP contribution in [-0.2, 0) is 16.1 Å². The molecule has 134 valence electrons. The van der Waals surface area contributed by atoms with Crippen molar-refractivity contribution in [1.82, 2.24) is 10.6 Å². The Morgan fingerprint density at radius 3 is 2.92 bits per heavy atom. The second-order valence-electron chi connectivity index (χ2n) is 6.67. The predicted molar refractivity (Wildman–Crippen MR) is 94.1 cm³/mol. The number of carbonyl (C=O) groups excluding carboxylic acids is 2. The summed E-state index contributed by atoms with van der Waals surface area (Å²) < 4.78 is 5.70. The maximum atomic E-state index is 12.2. The molecule has 0 spiro atoms. The van der Waals surface area contributed by atoms with Gasteiger partial charge in [-0.15, -0.1) is 11.3 Å². The van der Waals surface area contributed by atoms with Crippen molar-refractivity contribution in [2.45, 2.75) is 39.3 Å². The molecule has 1 aromatic heterocycles. The second-order valence-corrected chi connectivity index (χ2v) is 7.71. The lowest BCUT2D eigenvalue weighted by molar-refractivity contribution is -0.908. The van der Waals surface area contributed by atoms with E-state index in [1.54, 1.807) is 11.3 Å². The summed E-state index contributed by atoms with van der Waals surface area (Å²) in [6, 6.07) is 3.68. The van der Waals surface area contributed by atoms with Crippen molar-refractivity contribution in [3.63, 3.8) is 0 Å². The number of thiophene rings is 1. The molecule has 1 aliphatic heterocycles. The molecule has 2 heterocycles. The molecule has 2 rings (SSSR count). The molecule has 7 heteroatoms. The lowest BCUT2D eigenvalue weighted by Gasteiger charge is -2.21. The van der Waals surface area contributed by atoms with Crippen molar-refractivity contribution >= 4 is 23.3 Å². The van der Waals surface area contributed by atoms with Gasteiger partial charge in [-0.25, -0.2) is 4.79 Å². The Kier molecular flexibility index (Phi) is 7.68. The zero-order valence-corrected chi connectivity index (χ0v) is 15.3. The highest BCUT2D eigenvalue weighted by atomic mass is 32.1. The van der Waals surface area contributed by atoms with E-state index in [0.29, 0.717) is 12.5 Å². The molecule has 2 atom stereocenters. The quantitative estimate of drug-likeness (QED) is 0.646. The van der Waals surface area contributed by atoms with Gasteiger partial charge in [-0.05, 0) is 30.2 Å². The van der Waals surface area contributed by atoms with Crippen molar-refractivity contribution in [1.29, 1.82) is 0 Å². The number of amides is 3. The summed E-state index contributed by atoms with van der Waals surface area (Å²) >= 11 is 1.69. The number of carbonyl (C=O) groups is 2. The summed E-state index contributed by atoms with van der Waals surface area (Å²) in [7, 11) is 0. The molecule has 1 fully saturated rings. The van der Waals surface area contributed by atoms with E-state index in [4.69, 9.17) is 4.74 Å². The third-order valence-electron chi connectivity index (χ3n) is 3.88. The molecule has 1 saturated heterocycles. The van der Waals surface area contributed by atoms with Crippen LogP contribution in [0.5, 0.6) is 0 Å². The third-order valence-corrected chi connectivity index (χ3v) is 4.76. The molecule has 1 aliphatic rings. The normalized spacial score (nSPS) is 18.5. The van der Waals surface area contributed by atoms with Gasteiger partial charge in [0.05, 0.1) is 4.88 Å². The first-order valence-corrected chi connectivity index (χ1v) is 9.46. The van der Waals surface area contributed by atoms with E-state index >= 15 is 0 Å². The van der Waals surface area contributed by atoms with Crippen LogP contribution in [0.2, 0.25) is 0 Å². The average Bonchev–Trinajstić information content (AvgIpc) is 3.18. The van der Waals surface area contributed by atoms with Gasteiger partial charge >= 0.3 is 6.03 Å². The molecular weight excluding hydrogens is 326 g/mol. The summed E-state index contributed by atoms with van der Waals surface area (Å²) in [6.07, 6.45) is 2.34. The molecule has 1 unspecified atom stereocenters. The van der Waals surface area contributed by atoms with E-state index in [0.717, 1.165) is 37.4 Å². The van der Waals surface area contributed by atoms with Crippen molar-refractivity contribution in [2.75, 3.05) is 26.2 Å². The maximum Gasteiger partial charge on any atom is 0.321 e. The van der Waals surface area contributed by atoms with Gasteiger partial charge in [-0.1, -0.05) is 19.9 Å². The zero-order valence-electron chi connectivity index (χ0n) is 14.5. The van der Waals surface area contributed by atoms with Gasteiger partial charge in [0, 0.05) is 13.2 Å². The van der Waals surface area contributed by atoms with Crippen molar-refractivity contribution in [3.05, 3.63) is 22.4 Å². The number of imide groups is 1. The number of hydrogen-bond acceptors (Lipinski definition) is 4. The summed E-state index contributed by atoms with van der Waals surface area (Å²) in [5.74, 6) is 0.104. The van der Waals surface area contributed by atoms with Crippen LogP contribution in [0, 0.1) is 5.92 Å². The number of hydrogen-bond donors (Lipinski definition) is 3. The van der Waals surface area contributed by atoms with Crippen LogP contribution in [0.1, 0.15) is 31.6 Å². The van der Waals surface area contributed by atoms with Crippen molar-refractivity contribution in [3.8, 4) is 0 Å². The first kappa shape index (κ1) is 18.9. The van der Waals surface area contributed by atoms with E-state index in [1.807, 2.05) is 25.3 Å². The Labute approximate surface area is 147 Å². The van der Waals surface area contributed by atoms with E-state index in [-0.39, 0.29) is 18.6 Å². The van der Waals surface area contributed by atoms with Crippen LogP contribution >= 0.6 is 11.3 Å². The largest absolute Gasteiger partial charge is 0.372 e. The predicted octanol–water partition coefficient (Wildman–Crippen LogP) is 0.794. The van der Waals surface area contributed by atoms with E-state index in [1.165, 1.54) is 4.88 Å². The van der Waals surface area contributed by atoms with Crippen molar-refractivity contribution < 1.29 is 19.2 Å². The maximum absolute atomic E-state index is 12.2. The first-order chi connectivity index (χ1) is 11.5. The Morgan fingerprint density at radius 1 is 1.46 bits per heavy atom. The van der Waals surface area contributed by atoms with Crippen LogP contribution in [0.15, 0.2) is 17.5 Å². The molecular formula is C17H28N3O3S+. The standard InChI is InChI=1S/C17H27N3O3S/c1-13(2)9-18-17(22)19-16(21)12-20(10-14-5-3-7-23-14)11-15-6-4-8-24-15/h4,6,8,13-14H,3,5,7,9-12H2,1-2H3,(H2,18,19,21,22)/p+1/t14-/m0/s1. The van der Waals surface area contributed by atoms with Crippen LogP contribution in [0.4, 0.5) is 4.79 Å². The zero-order chi connectivity index (χ0) is 17.4. The van der Waals surface area contributed by atoms with Gasteiger partial charge in [0.15, 0.2) is 6.54 Å². The fraction of sp³-hybridized carbons (Fsp3) is 0.647. The molecule has 0 aromatic carbocycles.